The molecule has 18 heavy (non-hydrogen) atoms. The van der Waals surface area contributed by atoms with E-state index in [4.69, 9.17) is 4.74 Å². The van der Waals surface area contributed by atoms with Gasteiger partial charge in [0.05, 0.1) is 16.3 Å². The van der Waals surface area contributed by atoms with Gasteiger partial charge in [-0.1, -0.05) is 0 Å². The highest BCUT2D eigenvalue weighted by Crippen LogP contribution is 2.23. The molecule has 2 aliphatic rings. The molecule has 2 atom stereocenters. The minimum absolute atomic E-state index is 0.269. The molecule has 2 saturated heterocycles. The first-order valence-corrected chi connectivity index (χ1v) is 7.46. The molecule has 1 N–H and O–H groups in total. The quantitative estimate of drug-likeness (QED) is 0.825. The Morgan fingerprint density at radius 3 is 3.39 bits per heavy atom. The van der Waals surface area contributed by atoms with Gasteiger partial charge in [-0.15, -0.1) is 0 Å². The van der Waals surface area contributed by atoms with Crippen molar-refractivity contribution in [2.45, 2.75) is 25.0 Å². The lowest BCUT2D eigenvalue weighted by atomic mass is 10.2. The summed E-state index contributed by atoms with van der Waals surface area (Å²) in [6.45, 7) is 3.97. The average Bonchev–Trinajstić information content (AvgIpc) is 2.85. The molecule has 1 aromatic heterocycles. The van der Waals surface area contributed by atoms with Crippen molar-refractivity contribution in [1.82, 2.24) is 14.9 Å². The van der Waals surface area contributed by atoms with Gasteiger partial charge in [0.1, 0.15) is 12.1 Å². The Kier molecular flexibility index (Phi) is 3.95. The van der Waals surface area contributed by atoms with Crippen molar-refractivity contribution in [3.05, 3.63) is 16.1 Å². The van der Waals surface area contributed by atoms with Crippen LogP contribution in [-0.2, 0) is 4.74 Å². The third-order valence-corrected chi connectivity index (χ3v) is 4.42. The normalized spacial score (nSPS) is 28.1. The van der Waals surface area contributed by atoms with Crippen molar-refractivity contribution in [2.24, 2.45) is 0 Å². The standard InChI is InChI=1S/C12H17IN4O/c13-11-5-14-8-16-12(11)15-4-10-6-17-3-1-2-9(17)7-18-10/h5,8-10H,1-4,6-7H2,(H,14,15,16). The number of aromatic nitrogens is 2. The van der Waals surface area contributed by atoms with E-state index in [-0.39, 0.29) is 6.10 Å². The van der Waals surface area contributed by atoms with E-state index in [9.17, 15) is 0 Å². The van der Waals surface area contributed by atoms with Crippen LogP contribution in [0, 0.1) is 3.57 Å². The van der Waals surface area contributed by atoms with Crippen molar-refractivity contribution in [3.8, 4) is 0 Å². The molecule has 0 amide bonds. The van der Waals surface area contributed by atoms with E-state index in [2.05, 4.69) is 42.8 Å². The van der Waals surface area contributed by atoms with Gasteiger partial charge in [0, 0.05) is 25.3 Å². The Morgan fingerprint density at radius 2 is 2.50 bits per heavy atom. The van der Waals surface area contributed by atoms with Gasteiger partial charge in [-0.25, -0.2) is 9.97 Å². The zero-order valence-corrected chi connectivity index (χ0v) is 12.3. The lowest BCUT2D eigenvalue weighted by molar-refractivity contribution is -0.0416. The number of fused-ring (bicyclic) bond motifs is 1. The lowest BCUT2D eigenvalue weighted by Gasteiger charge is -2.35. The van der Waals surface area contributed by atoms with Crippen LogP contribution in [0.2, 0.25) is 0 Å². The lowest BCUT2D eigenvalue weighted by Crippen LogP contribution is -2.48. The topological polar surface area (TPSA) is 50.3 Å². The van der Waals surface area contributed by atoms with Crippen LogP contribution in [0.25, 0.3) is 0 Å². The Labute approximate surface area is 120 Å². The van der Waals surface area contributed by atoms with Gasteiger partial charge < -0.3 is 10.1 Å². The van der Waals surface area contributed by atoms with E-state index >= 15 is 0 Å². The third-order valence-electron chi connectivity index (χ3n) is 3.63. The van der Waals surface area contributed by atoms with Gasteiger partial charge in [0.25, 0.3) is 0 Å². The second-order valence-electron chi connectivity index (χ2n) is 4.85. The molecule has 5 nitrogen and oxygen atoms in total. The zero-order chi connectivity index (χ0) is 12.4. The monoisotopic (exact) mass is 360 g/mol. The summed E-state index contributed by atoms with van der Waals surface area (Å²) in [5, 5.41) is 3.35. The number of nitrogens with one attached hydrogen (secondary N) is 1. The summed E-state index contributed by atoms with van der Waals surface area (Å²) < 4.78 is 6.95. The molecule has 0 aromatic carbocycles. The van der Waals surface area contributed by atoms with E-state index in [1.165, 1.54) is 19.4 Å². The Hall–Kier alpha value is -0.470. The third kappa shape index (κ3) is 2.75. The van der Waals surface area contributed by atoms with Crippen LogP contribution in [0.3, 0.4) is 0 Å². The molecule has 1 aromatic rings. The highest BCUT2D eigenvalue weighted by molar-refractivity contribution is 14.1. The number of hydrogen-bond acceptors (Lipinski definition) is 5. The maximum absolute atomic E-state index is 5.90. The fraction of sp³-hybridized carbons (Fsp3) is 0.667. The molecule has 2 aliphatic heterocycles. The number of ether oxygens (including phenoxy) is 1. The van der Waals surface area contributed by atoms with E-state index in [0.29, 0.717) is 6.04 Å². The van der Waals surface area contributed by atoms with E-state index in [1.807, 2.05) is 6.20 Å². The van der Waals surface area contributed by atoms with Crippen molar-refractivity contribution in [1.29, 1.82) is 0 Å². The van der Waals surface area contributed by atoms with Crippen LogP contribution in [0.4, 0.5) is 5.82 Å². The highest BCUT2D eigenvalue weighted by Gasteiger charge is 2.31. The Morgan fingerprint density at radius 1 is 1.56 bits per heavy atom. The summed E-state index contributed by atoms with van der Waals surface area (Å²) >= 11 is 2.24. The number of anilines is 1. The fourth-order valence-electron chi connectivity index (χ4n) is 2.66. The number of hydrogen-bond donors (Lipinski definition) is 1. The zero-order valence-electron chi connectivity index (χ0n) is 10.2. The molecular formula is C12H17IN4O. The Balaban J connectivity index is 1.53. The summed E-state index contributed by atoms with van der Waals surface area (Å²) in [5.41, 5.74) is 0. The first-order valence-electron chi connectivity index (χ1n) is 6.38. The maximum Gasteiger partial charge on any atom is 0.142 e. The van der Waals surface area contributed by atoms with Gasteiger partial charge >= 0.3 is 0 Å². The number of rotatable bonds is 3. The van der Waals surface area contributed by atoms with E-state index < -0.39 is 0 Å². The summed E-state index contributed by atoms with van der Waals surface area (Å²) in [6, 6.07) is 0.667. The molecule has 0 bridgehead atoms. The second-order valence-corrected chi connectivity index (χ2v) is 6.01. The predicted octanol–water partition coefficient (Wildman–Crippen LogP) is 1.36. The van der Waals surface area contributed by atoms with Gasteiger partial charge in [-0.3, -0.25) is 4.90 Å². The molecule has 0 aliphatic carbocycles. The van der Waals surface area contributed by atoms with Gasteiger partial charge in [-0.2, -0.15) is 0 Å². The van der Waals surface area contributed by atoms with Gasteiger partial charge in [-0.05, 0) is 42.0 Å². The van der Waals surface area contributed by atoms with Crippen LogP contribution < -0.4 is 5.32 Å². The van der Waals surface area contributed by atoms with Crippen molar-refractivity contribution >= 4 is 28.4 Å². The minimum Gasteiger partial charge on any atom is -0.373 e. The first kappa shape index (κ1) is 12.6. The van der Waals surface area contributed by atoms with Gasteiger partial charge in [0.15, 0.2) is 0 Å². The van der Waals surface area contributed by atoms with Crippen LogP contribution >= 0.6 is 22.6 Å². The van der Waals surface area contributed by atoms with Crippen LogP contribution in [-0.4, -0.2) is 53.3 Å². The molecule has 0 spiro atoms. The molecule has 6 heteroatoms. The summed E-state index contributed by atoms with van der Waals surface area (Å²) in [7, 11) is 0. The number of nitrogens with zero attached hydrogens (tertiary/aromatic N) is 3. The molecule has 0 saturated carbocycles. The van der Waals surface area contributed by atoms with E-state index in [0.717, 1.165) is 29.1 Å². The highest BCUT2D eigenvalue weighted by atomic mass is 127. The predicted molar refractivity (Wildman–Crippen MR) is 77.6 cm³/mol. The molecular weight excluding hydrogens is 343 g/mol. The molecule has 3 heterocycles. The largest absolute Gasteiger partial charge is 0.373 e. The smallest absolute Gasteiger partial charge is 0.142 e. The molecule has 2 unspecified atom stereocenters. The number of halogens is 1. The van der Waals surface area contributed by atoms with Crippen molar-refractivity contribution in [2.75, 3.05) is 31.6 Å². The molecule has 98 valence electrons. The van der Waals surface area contributed by atoms with Crippen LogP contribution in [0.5, 0.6) is 0 Å². The van der Waals surface area contributed by atoms with Gasteiger partial charge in [0.2, 0.25) is 0 Å². The summed E-state index contributed by atoms with van der Waals surface area (Å²) in [4.78, 5) is 10.8. The first-order chi connectivity index (χ1) is 8.83. The SMILES string of the molecule is Ic1cncnc1NCC1CN2CCCC2CO1. The van der Waals surface area contributed by atoms with E-state index in [1.54, 1.807) is 6.33 Å². The van der Waals surface area contributed by atoms with Crippen molar-refractivity contribution in [3.63, 3.8) is 0 Å². The van der Waals surface area contributed by atoms with Crippen LogP contribution in [0.15, 0.2) is 12.5 Å². The Bertz CT molecular complexity index is 417. The molecule has 0 radical (unpaired) electrons. The molecule has 2 fully saturated rings. The maximum atomic E-state index is 5.90. The van der Waals surface area contributed by atoms with Crippen LogP contribution in [0.1, 0.15) is 12.8 Å². The second kappa shape index (κ2) is 5.66. The summed E-state index contributed by atoms with van der Waals surface area (Å²) in [5.74, 6) is 0.901. The minimum atomic E-state index is 0.269. The average molecular weight is 360 g/mol. The number of morpholine rings is 1. The fourth-order valence-corrected chi connectivity index (χ4v) is 3.15. The summed E-state index contributed by atoms with van der Waals surface area (Å²) in [6.07, 6.45) is 6.27. The van der Waals surface area contributed by atoms with Crippen molar-refractivity contribution < 1.29 is 4.74 Å². The molecule has 3 rings (SSSR count).